The van der Waals surface area contributed by atoms with Crippen molar-refractivity contribution < 1.29 is 14.3 Å². The predicted octanol–water partition coefficient (Wildman–Crippen LogP) is 2.68. The lowest BCUT2D eigenvalue weighted by Crippen LogP contribution is -2.34. The molecule has 0 saturated heterocycles. The number of hydrogen-bond acceptors (Lipinski definition) is 4. The van der Waals surface area contributed by atoms with Crippen LogP contribution in [0.15, 0.2) is 23.3 Å². The van der Waals surface area contributed by atoms with Gasteiger partial charge in [-0.15, -0.1) is 0 Å². The van der Waals surface area contributed by atoms with E-state index < -0.39 is 6.10 Å². The Kier molecular flexibility index (Phi) is 4.22. The van der Waals surface area contributed by atoms with E-state index in [1.165, 1.54) is 0 Å². The summed E-state index contributed by atoms with van der Waals surface area (Å²) in [4.78, 5) is 26.1. The minimum Gasteiger partial charge on any atom is -0.479 e. The third kappa shape index (κ3) is 3.07. The Balaban J connectivity index is 2.07. The Labute approximate surface area is 115 Å². The van der Waals surface area contributed by atoms with E-state index in [-0.39, 0.29) is 11.7 Å². The predicted molar refractivity (Wildman–Crippen MR) is 72.7 cm³/mol. The quantitative estimate of drug-likeness (QED) is 0.293. The molecule has 7 heteroatoms. The van der Waals surface area contributed by atoms with E-state index in [0.717, 1.165) is 0 Å². The third-order valence-corrected chi connectivity index (χ3v) is 2.96. The number of hydrogen-bond donors (Lipinski definition) is 1. The van der Waals surface area contributed by atoms with E-state index >= 15 is 0 Å². The van der Waals surface area contributed by atoms with E-state index in [1.807, 2.05) is 0 Å². The molecule has 104 valence electrons. The second kappa shape index (κ2) is 6.08. The molecule has 1 atom stereocenters. The molecule has 0 saturated carbocycles. The summed E-state index contributed by atoms with van der Waals surface area (Å²) in [5.41, 5.74) is 9.16. The minimum atomic E-state index is -0.534. The lowest BCUT2D eigenvalue weighted by atomic mass is 10.0. The van der Waals surface area contributed by atoms with Crippen molar-refractivity contribution >= 4 is 17.4 Å². The monoisotopic (exact) mass is 274 g/mol. The highest BCUT2D eigenvalue weighted by molar-refractivity contribution is 6.01. The molecule has 1 aromatic carbocycles. The van der Waals surface area contributed by atoms with Gasteiger partial charge >= 0.3 is 0 Å². The number of amides is 1. The summed E-state index contributed by atoms with van der Waals surface area (Å²) in [7, 11) is 0. The average molecular weight is 274 g/mol. The normalized spacial score (nSPS) is 16.4. The van der Waals surface area contributed by atoms with Gasteiger partial charge in [0.1, 0.15) is 5.75 Å². The highest BCUT2D eigenvalue weighted by atomic mass is 16.5. The van der Waals surface area contributed by atoms with E-state index in [1.54, 1.807) is 25.1 Å². The molecule has 0 aromatic heterocycles. The fraction of sp³-hybridized carbons (Fsp3) is 0.385. The fourth-order valence-corrected chi connectivity index (χ4v) is 1.88. The summed E-state index contributed by atoms with van der Waals surface area (Å²) in [6.07, 6.45) is 0.260. The first-order valence-electron chi connectivity index (χ1n) is 6.27. The highest BCUT2D eigenvalue weighted by Crippen LogP contribution is 2.30. The summed E-state index contributed by atoms with van der Waals surface area (Å²) >= 11 is 0. The van der Waals surface area contributed by atoms with Crippen LogP contribution in [-0.2, 0) is 4.79 Å². The largest absolute Gasteiger partial charge is 0.479 e. The highest BCUT2D eigenvalue weighted by Gasteiger charge is 2.24. The SMILES string of the molecule is CC1Oc2ccc(C(=O)CCCN=[N+]=[N-])cc2NC1=O. The number of rotatable bonds is 5. The van der Waals surface area contributed by atoms with Crippen LogP contribution in [0.3, 0.4) is 0 Å². The average Bonchev–Trinajstić information content (AvgIpc) is 2.44. The molecule has 0 bridgehead atoms. The number of fused-ring (bicyclic) bond motifs is 1. The molecule has 0 fully saturated rings. The standard InChI is InChI=1S/C13H14N4O3/c1-8-13(19)16-10-7-9(4-5-12(10)20-8)11(18)3-2-6-15-17-14/h4-5,7-8H,2-3,6H2,1H3,(H,16,19). The van der Waals surface area contributed by atoms with Crippen LogP contribution in [0.4, 0.5) is 5.69 Å². The lowest BCUT2D eigenvalue weighted by molar-refractivity contribution is -0.122. The lowest BCUT2D eigenvalue weighted by Gasteiger charge is -2.23. The second-order valence-corrected chi connectivity index (χ2v) is 4.44. The Morgan fingerprint density at radius 3 is 3.10 bits per heavy atom. The molecule has 1 amide bonds. The molecule has 1 heterocycles. The van der Waals surface area contributed by atoms with Gasteiger partial charge in [0.2, 0.25) is 0 Å². The zero-order valence-corrected chi connectivity index (χ0v) is 11.0. The van der Waals surface area contributed by atoms with Crippen molar-refractivity contribution in [1.29, 1.82) is 0 Å². The van der Waals surface area contributed by atoms with Gasteiger partial charge in [0, 0.05) is 23.4 Å². The van der Waals surface area contributed by atoms with Crippen LogP contribution in [0.1, 0.15) is 30.1 Å². The number of carbonyl (C=O) groups is 2. The number of ether oxygens (including phenoxy) is 1. The van der Waals surface area contributed by atoms with E-state index in [0.29, 0.717) is 36.4 Å². The number of benzene rings is 1. The van der Waals surface area contributed by atoms with Crippen LogP contribution in [-0.4, -0.2) is 24.3 Å². The maximum Gasteiger partial charge on any atom is 0.265 e. The van der Waals surface area contributed by atoms with Crippen molar-refractivity contribution in [2.24, 2.45) is 5.11 Å². The van der Waals surface area contributed by atoms with Gasteiger partial charge in [-0.1, -0.05) is 5.11 Å². The molecule has 0 radical (unpaired) electrons. The Morgan fingerprint density at radius 2 is 2.35 bits per heavy atom. The summed E-state index contributed by atoms with van der Waals surface area (Å²) < 4.78 is 5.41. The molecule has 0 aliphatic carbocycles. The van der Waals surface area contributed by atoms with E-state index in [2.05, 4.69) is 15.3 Å². The molecule has 1 unspecified atom stereocenters. The summed E-state index contributed by atoms with van der Waals surface area (Å²) in [5, 5.41) is 6.08. The van der Waals surface area contributed by atoms with Crippen LogP contribution in [0.2, 0.25) is 0 Å². The molecule has 1 aliphatic heterocycles. The zero-order valence-electron chi connectivity index (χ0n) is 11.0. The summed E-state index contributed by atoms with van der Waals surface area (Å²) in [5.74, 6) is 0.266. The Bertz CT molecular complexity index is 593. The first-order chi connectivity index (χ1) is 9.61. The van der Waals surface area contributed by atoms with Gasteiger partial charge in [0.25, 0.3) is 5.91 Å². The van der Waals surface area contributed by atoms with Gasteiger partial charge in [-0.05, 0) is 37.1 Å². The molecule has 0 spiro atoms. The maximum absolute atomic E-state index is 12.0. The molecule has 1 aromatic rings. The topological polar surface area (TPSA) is 104 Å². The molecule has 7 nitrogen and oxygen atoms in total. The molecule has 1 N–H and O–H groups in total. The Morgan fingerprint density at radius 1 is 1.55 bits per heavy atom. The van der Waals surface area contributed by atoms with Gasteiger partial charge in [0.05, 0.1) is 5.69 Å². The first kappa shape index (κ1) is 13.9. The number of Topliss-reactive ketones (excluding diaryl/α,β-unsaturated/α-hetero) is 1. The van der Waals surface area contributed by atoms with Crippen molar-refractivity contribution in [2.75, 3.05) is 11.9 Å². The van der Waals surface area contributed by atoms with Crippen LogP contribution >= 0.6 is 0 Å². The number of carbonyl (C=O) groups excluding carboxylic acids is 2. The van der Waals surface area contributed by atoms with Gasteiger partial charge in [0.15, 0.2) is 11.9 Å². The van der Waals surface area contributed by atoms with Crippen molar-refractivity contribution in [2.45, 2.75) is 25.9 Å². The number of azide groups is 1. The number of ketones is 1. The minimum absolute atomic E-state index is 0.0613. The van der Waals surface area contributed by atoms with Crippen LogP contribution in [0.25, 0.3) is 10.4 Å². The second-order valence-electron chi connectivity index (χ2n) is 4.44. The van der Waals surface area contributed by atoms with Gasteiger partial charge in [-0.3, -0.25) is 9.59 Å². The fourth-order valence-electron chi connectivity index (χ4n) is 1.88. The van der Waals surface area contributed by atoms with Gasteiger partial charge in [-0.2, -0.15) is 0 Å². The molecular formula is C13H14N4O3. The van der Waals surface area contributed by atoms with Gasteiger partial charge in [-0.25, -0.2) is 0 Å². The number of nitrogens with one attached hydrogen (secondary N) is 1. The first-order valence-corrected chi connectivity index (χ1v) is 6.27. The molecular weight excluding hydrogens is 260 g/mol. The van der Waals surface area contributed by atoms with Crippen LogP contribution in [0, 0.1) is 0 Å². The molecule has 2 rings (SSSR count). The smallest absolute Gasteiger partial charge is 0.265 e. The molecule has 20 heavy (non-hydrogen) atoms. The van der Waals surface area contributed by atoms with Crippen molar-refractivity contribution in [3.8, 4) is 5.75 Å². The van der Waals surface area contributed by atoms with Crippen molar-refractivity contribution in [3.63, 3.8) is 0 Å². The zero-order chi connectivity index (χ0) is 14.5. The third-order valence-electron chi connectivity index (χ3n) is 2.96. The molecule has 1 aliphatic rings. The van der Waals surface area contributed by atoms with E-state index in [9.17, 15) is 9.59 Å². The van der Waals surface area contributed by atoms with Gasteiger partial charge < -0.3 is 10.1 Å². The Hall–Kier alpha value is -2.53. The van der Waals surface area contributed by atoms with Crippen LogP contribution < -0.4 is 10.1 Å². The van der Waals surface area contributed by atoms with E-state index in [4.69, 9.17) is 10.3 Å². The van der Waals surface area contributed by atoms with Crippen LogP contribution in [0.5, 0.6) is 5.75 Å². The van der Waals surface area contributed by atoms with Crippen molar-refractivity contribution in [1.82, 2.24) is 0 Å². The number of anilines is 1. The summed E-state index contributed by atoms with van der Waals surface area (Å²) in [6.45, 7) is 1.96. The maximum atomic E-state index is 12.0. The number of nitrogens with zero attached hydrogens (tertiary/aromatic N) is 3. The van der Waals surface area contributed by atoms with Crippen molar-refractivity contribution in [3.05, 3.63) is 34.2 Å². The summed E-state index contributed by atoms with van der Waals surface area (Å²) in [6, 6.07) is 4.94.